The van der Waals surface area contributed by atoms with Crippen LogP contribution in [0.3, 0.4) is 0 Å². The van der Waals surface area contributed by atoms with Crippen LogP contribution in [0, 0.1) is 0 Å². The summed E-state index contributed by atoms with van der Waals surface area (Å²) in [5.41, 5.74) is 0. The van der Waals surface area contributed by atoms with E-state index in [0.717, 1.165) is 0 Å². The van der Waals surface area contributed by atoms with E-state index in [1.165, 1.54) is 0 Å². The van der Waals surface area contributed by atoms with Crippen molar-refractivity contribution in [3.8, 4) is 0 Å². The average Bonchev–Trinajstić information content (AvgIpc) is 1.61. The van der Waals surface area contributed by atoms with Gasteiger partial charge in [-0.25, -0.2) is 0 Å². The number of aliphatic carboxylic acids is 2. The molecule has 0 aromatic rings. The molecule has 0 saturated heterocycles. The van der Waals surface area contributed by atoms with Crippen molar-refractivity contribution >= 4 is 11.9 Å². The maximum Gasteiger partial charge on any atom is 1.00 e. The van der Waals surface area contributed by atoms with Crippen molar-refractivity contribution in [2.45, 2.75) is 0 Å². The summed E-state index contributed by atoms with van der Waals surface area (Å²) in [5.74, 6) is -3.09. The predicted molar refractivity (Wildman–Crippen MR) is 19.2 cm³/mol. The molecular formula is C4H2K2O4. The largest absolute Gasteiger partial charge is 1.00 e. The van der Waals surface area contributed by atoms with E-state index in [4.69, 9.17) is 0 Å². The number of rotatable bonds is 2. The van der Waals surface area contributed by atoms with Crippen LogP contribution in [0.25, 0.3) is 0 Å². The summed E-state index contributed by atoms with van der Waals surface area (Å²) < 4.78 is 0. The molecule has 0 unspecified atom stereocenters. The van der Waals surface area contributed by atoms with Crippen LogP contribution >= 0.6 is 0 Å². The zero-order valence-electron chi connectivity index (χ0n) is 5.79. The van der Waals surface area contributed by atoms with Crippen LogP contribution in [-0.2, 0) is 9.59 Å². The van der Waals surface area contributed by atoms with Crippen molar-refractivity contribution in [3.05, 3.63) is 12.2 Å². The fourth-order valence-electron chi connectivity index (χ4n) is 0.136. The molecule has 0 heterocycles. The molecule has 0 fully saturated rings. The Morgan fingerprint density at radius 1 is 0.900 bits per heavy atom. The molecule has 0 bridgehead atoms. The van der Waals surface area contributed by atoms with Gasteiger partial charge in [-0.3, -0.25) is 0 Å². The van der Waals surface area contributed by atoms with Crippen LogP contribution in [0.2, 0.25) is 0 Å². The van der Waals surface area contributed by atoms with Gasteiger partial charge in [0.25, 0.3) is 0 Å². The smallest absolute Gasteiger partial charge is 0.545 e. The first kappa shape index (κ1) is 17.9. The van der Waals surface area contributed by atoms with Crippen molar-refractivity contribution in [3.63, 3.8) is 0 Å². The fourth-order valence-corrected chi connectivity index (χ4v) is 0.136. The first-order valence-electron chi connectivity index (χ1n) is 1.73. The van der Waals surface area contributed by atoms with E-state index < -0.39 is 11.9 Å². The zero-order valence-corrected chi connectivity index (χ0v) is 12.0. The summed E-state index contributed by atoms with van der Waals surface area (Å²) in [6.45, 7) is 0. The number of carboxylic acid groups (broad SMARTS) is 2. The molecular weight excluding hydrogens is 190 g/mol. The van der Waals surface area contributed by atoms with Gasteiger partial charge in [0.15, 0.2) is 0 Å². The van der Waals surface area contributed by atoms with Gasteiger partial charge in [-0.15, -0.1) is 0 Å². The first-order valence-corrected chi connectivity index (χ1v) is 1.73. The second kappa shape index (κ2) is 11.0. The van der Waals surface area contributed by atoms with E-state index in [0.29, 0.717) is 12.2 Å². The molecule has 6 heteroatoms. The van der Waals surface area contributed by atoms with E-state index >= 15 is 0 Å². The third kappa shape index (κ3) is 16.5. The topological polar surface area (TPSA) is 80.3 Å². The van der Waals surface area contributed by atoms with E-state index in [1.54, 1.807) is 0 Å². The molecule has 0 saturated carbocycles. The molecule has 0 aromatic heterocycles. The summed E-state index contributed by atoms with van der Waals surface area (Å²) >= 11 is 0. The maximum absolute atomic E-state index is 9.41. The molecule has 0 radical (unpaired) electrons. The minimum Gasteiger partial charge on any atom is -0.545 e. The van der Waals surface area contributed by atoms with Crippen LogP contribution in [0.4, 0.5) is 0 Å². The molecule has 0 rings (SSSR count). The maximum atomic E-state index is 9.41. The molecule has 0 N–H and O–H groups in total. The Kier molecular flexibility index (Phi) is 19.6. The van der Waals surface area contributed by atoms with Crippen molar-refractivity contribution in [2.75, 3.05) is 0 Å². The molecule has 0 aliphatic heterocycles. The molecule has 0 aromatic carbocycles. The van der Waals surface area contributed by atoms with Crippen molar-refractivity contribution < 1.29 is 123 Å². The van der Waals surface area contributed by atoms with E-state index in [9.17, 15) is 19.8 Å². The van der Waals surface area contributed by atoms with Gasteiger partial charge in [0.05, 0.1) is 11.9 Å². The van der Waals surface area contributed by atoms with Crippen LogP contribution < -0.4 is 113 Å². The predicted octanol–water partition coefficient (Wildman–Crippen LogP) is -8.95. The number of carbonyl (C=O) groups excluding carboxylic acids is 2. The minimum atomic E-state index is -1.55. The van der Waals surface area contributed by atoms with Gasteiger partial charge < -0.3 is 19.8 Å². The second-order valence-corrected chi connectivity index (χ2v) is 0.971. The second-order valence-electron chi connectivity index (χ2n) is 0.971. The molecule has 0 atom stereocenters. The average molecular weight is 192 g/mol. The molecule has 0 aliphatic carbocycles. The van der Waals surface area contributed by atoms with Gasteiger partial charge in [-0.1, -0.05) is 0 Å². The monoisotopic (exact) mass is 192 g/mol. The van der Waals surface area contributed by atoms with Gasteiger partial charge >= 0.3 is 103 Å². The van der Waals surface area contributed by atoms with E-state index in [-0.39, 0.29) is 103 Å². The Hall–Kier alpha value is 1.95. The Balaban J connectivity index is -0.000000245. The number of hydrogen-bond donors (Lipinski definition) is 0. The standard InChI is InChI=1S/C4H4O4.2K/c5-3(6)1-2-4(7)8;;/h1-2H,(H,5,6)(H,7,8);;/q;2*+1/p-2/b2-1-;;. The summed E-state index contributed by atoms with van der Waals surface area (Å²) in [5, 5.41) is 18.8. The van der Waals surface area contributed by atoms with Crippen LogP contribution in [0.1, 0.15) is 0 Å². The minimum absolute atomic E-state index is 0. The van der Waals surface area contributed by atoms with Crippen LogP contribution in [-0.4, -0.2) is 11.9 Å². The normalized spacial score (nSPS) is 7.60. The molecule has 10 heavy (non-hydrogen) atoms. The summed E-state index contributed by atoms with van der Waals surface area (Å²) in [6, 6.07) is 0. The van der Waals surface area contributed by atoms with Gasteiger partial charge in [0, 0.05) is 0 Å². The summed E-state index contributed by atoms with van der Waals surface area (Å²) in [4.78, 5) is 18.8. The molecule has 4 nitrogen and oxygen atoms in total. The summed E-state index contributed by atoms with van der Waals surface area (Å²) in [6.07, 6.45) is 0.769. The zero-order chi connectivity index (χ0) is 6.57. The third-order valence-corrected chi connectivity index (χ3v) is 0.355. The third-order valence-electron chi connectivity index (χ3n) is 0.355. The fraction of sp³-hybridized carbons (Fsp3) is 0. The quantitative estimate of drug-likeness (QED) is 0.321. The number of carbonyl (C=O) groups is 2. The molecule has 0 amide bonds. The van der Waals surface area contributed by atoms with Crippen molar-refractivity contribution in [2.24, 2.45) is 0 Å². The van der Waals surface area contributed by atoms with Gasteiger partial charge in [0.1, 0.15) is 0 Å². The SMILES string of the molecule is O=C([O-])/C=C\C(=O)[O-].[K+].[K+]. The molecule has 0 spiro atoms. The first-order chi connectivity index (χ1) is 3.63. The number of carboxylic acids is 2. The van der Waals surface area contributed by atoms with Gasteiger partial charge in [0.2, 0.25) is 0 Å². The molecule has 0 aliphatic rings. The summed E-state index contributed by atoms with van der Waals surface area (Å²) in [7, 11) is 0. The van der Waals surface area contributed by atoms with Gasteiger partial charge in [-0.05, 0) is 12.2 Å². The van der Waals surface area contributed by atoms with Crippen molar-refractivity contribution in [1.82, 2.24) is 0 Å². The van der Waals surface area contributed by atoms with Gasteiger partial charge in [-0.2, -0.15) is 0 Å². The van der Waals surface area contributed by atoms with Crippen molar-refractivity contribution in [1.29, 1.82) is 0 Å². The Labute approximate surface area is 143 Å². The Morgan fingerprint density at radius 3 is 1.20 bits per heavy atom. The van der Waals surface area contributed by atoms with E-state index in [1.807, 2.05) is 0 Å². The van der Waals surface area contributed by atoms with E-state index in [2.05, 4.69) is 0 Å². The number of hydrogen-bond acceptors (Lipinski definition) is 4. The van der Waals surface area contributed by atoms with Crippen LogP contribution in [0.15, 0.2) is 12.2 Å². The van der Waals surface area contributed by atoms with Crippen LogP contribution in [0.5, 0.6) is 0 Å². The Bertz CT molecular complexity index is 126. The molecule has 44 valence electrons. The Morgan fingerprint density at radius 2 is 1.10 bits per heavy atom.